The monoisotopic (exact) mass is 464 g/mol. The molecule has 0 bridgehead atoms. The van der Waals surface area contributed by atoms with Crippen LogP contribution in [0.3, 0.4) is 0 Å². The van der Waals surface area contributed by atoms with Crippen molar-refractivity contribution in [3.05, 3.63) is 59.7 Å². The number of alkyl carbamates (subject to hydrolysis) is 1. The van der Waals surface area contributed by atoms with E-state index >= 15 is 0 Å². The molecule has 0 aliphatic heterocycles. The van der Waals surface area contributed by atoms with Gasteiger partial charge in [-0.25, -0.2) is 4.79 Å². The maximum absolute atomic E-state index is 12.9. The number of ether oxygens (including phenoxy) is 1. The number of carbonyl (C=O) groups is 3. The third kappa shape index (κ3) is 5.08. The smallest absolute Gasteiger partial charge is 0.407 e. The van der Waals surface area contributed by atoms with Crippen molar-refractivity contribution in [3.63, 3.8) is 0 Å². The number of carboxylic acids is 1. The topological polar surface area (TPSA) is 105 Å². The SMILES string of the molecule is CCCC[C@H](NC(=O)OCC1c2ccccc2-c2ccccc21)C(=O)NC1CCCC1C(=O)O. The van der Waals surface area contributed by atoms with Gasteiger partial charge in [-0.2, -0.15) is 0 Å². The Morgan fingerprint density at radius 1 is 1.03 bits per heavy atom. The first-order valence-electron chi connectivity index (χ1n) is 12.1. The molecule has 7 heteroatoms. The van der Waals surface area contributed by atoms with Crippen molar-refractivity contribution in [3.8, 4) is 11.1 Å². The second-order valence-corrected chi connectivity index (χ2v) is 9.16. The molecule has 2 aromatic rings. The highest BCUT2D eigenvalue weighted by molar-refractivity contribution is 5.86. The fourth-order valence-electron chi connectivity index (χ4n) is 5.17. The fraction of sp³-hybridized carbons (Fsp3) is 0.444. The highest BCUT2D eigenvalue weighted by Gasteiger charge is 2.35. The highest BCUT2D eigenvalue weighted by atomic mass is 16.5. The number of aliphatic carboxylic acids is 1. The number of hydrogen-bond acceptors (Lipinski definition) is 4. The van der Waals surface area contributed by atoms with E-state index in [1.165, 1.54) is 0 Å². The van der Waals surface area contributed by atoms with Gasteiger partial charge >= 0.3 is 12.1 Å². The van der Waals surface area contributed by atoms with E-state index in [0.717, 1.165) is 41.5 Å². The molecule has 34 heavy (non-hydrogen) atoms. The standard InChI is InChI=1S/C27H32N2O5/c1-2-3-14-24(25(30)28-23-15-8-13-21(23)26(31)32)29-27(33)34-16-22-19-11-6-4-9-17(19)18-10-5-7-12-20(18)22/h4-7,9-12,21-24H,2-3,8,13-16H2,1H3,(H,28,30)(H,29,33)(H,31,32)/t21?,23?,24-/m0/s1. The molecule has 2 aliphatic rings. The third-order valence-electron chi connectivity index (χ3n) is 6.96. The zero-order valence-corrected chi connectivity index (χ0v) is 19.5. The molecule has 0 radical (unpaired) electrons. The molecule has 2 unspecified atom stereocenters. The van der Waals surface area contributed by atoms with E-state index < -0.39 is 30.1 Å². The maximum Gasteiger partial charge on any atom is 0.407 e. The lowest BCUT2D eigenvalue weighted by atomic mass is 9.98. The van der Waals surface area contributed by atoms with Gasteiger partial charge in [0.05, 0.1) is 5.92 Å². The third-order valence-corrected chi connectivity index (χ3v) is 6.96. The van der Waals surface area contributed by atoms with E-state index in [2.05, 4.69) is 34.9 Å². The molecule has 7 nitrogen and oxygen atoms in total. The molecule has 1 fully saturated rings. The van der Waals surface area contributed by atoms with Crippen molar-refractivity contribution in [2.45, 2.75) is 63.5 Å². The molecule has 2 amide bonds. The first-order chi connectivity index (χ1) is 16.5. The number of carboxylic acid groups (broad SMARTS) is 1. The van der Waals surface area contributed by atoms with Crippen LogP contribution in [-0.2, 0) is 14.3 Å². The van der Waals surface area contributed by atoms with Crippen LogP contribution in [-0.4, -0.2) is 41.8 Å². The minimum atomic E-state index is -0.891. The predicted molar refractivity (Wildman–Crippen MR) is 128 cm³/mol. The summed E-state index contributed by atoms with van der Waals surface area (Å²) in [6, 6.07) is 15.1. The molecule has 0 spiro atoms. The molecule has 1 saturated carbocycles. The average molecular weight is 465 g/mol. The Morgan fingerprint density at radius 2 is 1.68 bits per heavy atom. The van der Waals surface area contributed by atoms with Crippen molar-refractivity contribution < 1.29 is 24.2 Å². The molecule has 0 saturated heterocycles. The Kier molecular flexibility index (Phi) is 7.50. The summed E-state index contributed by atoms with van der Waals surface area (Å²) in [6.07, 6.45) is 3.41. The molecule has 2 aliphatic carbocycles. The van der Waals surface area contributed by atoms with Crippen LogP contribution >= 0.6 is 0 Å². The molecule has 3 N–H and O–H groups in total. The van der Waals surface area contributed by atoms with Crippen LogP contribution in [0.25, 0.3) is 11.1 Å². The normalized spacial score (nSPS) is 19.7. The Labute approximate surface area is 199 Å². The largest absolute Gasteiger partial charge is 0.481 e. The maximum atomic E-state index is 12.9. The van der Waals surface area contributed by atoms with Crippen molar-refractivity contribution in [2.75, 3.05) is 6.61 Å². The Hall–Kier alpha value is -3.35. The summed E-state index contributed by atoms with van der Waals surface area (Å²) in [7, 11) is 0. The summed E-state index contributed by atoms with van der Waals surface area (Å²) in [4.78, 5) is 37.1. The van der Waals surface area contributed by atoms with Crippen molar-refractivity contribution in [2.24, 2.45) is 5.92 Å². The number of unbranched alkanes of at least 4 members (excludes halogenated alkanes) is 1. The quantitative estimate of drug-likeness (QED) is 0.508. The zero-order chi connectivity index (χ0) is 24.1. The number of rotatable bonds is 9. The van der Waals surface area contributed by atoms with Crippen LogP contribution in [0.2, 0.25) is 0 Å². The summed E-state index contributed by atoms with van der Waals surface area (Å²) in [5, 5.41) is 15.0. The van der Waals surface area contributed by atoms with E-state index in [-0.39, 0.29) is 18.4 Å². The van der Waals surface area contributed by atoms with Gasteiger partial charge in [-0.1, -0.05) is 74.7 Å². The second kappa shape index (κ2) is 10.7. The number of nitrogens with one attached hydrogen (secondary N) is 2. The molecule has 2 aromatic carbocycles. The minimum Gasteiger partial charge on any atom is -0.481 e. The summed E-state index contributed by atoms with van der Waals surface area (Å²) in [5.74, 6) is -1.88. The molecule has 4 rings (SSSR count). The summed E-state index contributed by atoms with van der Waals surface area (Å²) in [5.41, 5.74) is 4.55. The van der Waals surface area contributed by atoms with E-state index in [1.54, 1.807) is 0 Å². The van der Waals surface area contributed by atoms with Crippen LogP contribution in [0.5, 0.6) is 0 Å². The number of carbonyl (C=O) groups excluding carboxylic acids is 2. The van der Waals surface area contributed by atoms with Gasteiger partial charge in [0.2, 0.25) is 5.91 Å². The van der Waals surface area contributed by atoms with Crippen LogP contribution in [0, 0.1) is 5.92 Å². The summed E-state index contributed by atoms with van der Waals surface area (Å²) >= 11 is 0. The number of benzene rings is 2. The molecule has 0 heterocycles. The van der Waals surface area contributed by atoms with Crippen LogP contribution in [0.15, 0.2) is 48.5 Å². The van der Waals surface area contributed by atoms with Crippen molar-refractivity contribution in [1.29, 1.82) is 0 Å². The first-order valence-corrected chi connectivity index (χ1v) is 12.1. The van der Waals surface area contributed by atoms with Gasteiger partial charge in [-0.15, -0.1) is 0 Å². The number of amides is 2. The molecule has 3 atom stereocenters. The predicted octanol–water partition coefficient (Wildman–Crippen LogP) is 4.45. The lowest BCUT2D eigenvalue weighted by Crippen LogP contribution is -2.51. The van der Waals surface area contributed by atoms with E-state index in [1.807, 2.05) is 31.2 Å². The van der Waals surface area contributed by atoms with Gasteiger partial charge in [0.1, 0.15) is 12.6 Å². The molecular formula is C27H32N2O5. The van der Waals surface area contributed by atoms with Crippen LogP contribution in [0.1, 0.15) is 62.5 Å². The summed E-state index contributed by atoms with van der Waals surface area (Å²) < 4.78 is 5.61. The van der Waals surface area contributed by atoms with Gasteiger partial charge in [-0.3, -0.25) is 9.59 Å². The number of hydrogen-bond donors (Lipinski definition) is 3. The van der Waals surface area contributed by atoms with Gasteiger partial charge in [0.25, 0.3) is 0 Å². The van der Waals surface area contributed by atoms with Gasteiger partial charge < -0.3 is 20.5 Å². The molecule has 0 aromatic heterocycles. The van der Waals surface area contributed by atoms with Crippen molar-refractivity contribution in [1.82, 2.24) is 10.6 Å². The Morgan fingerprint density at radius 3 is 2.29 bits per heavy atom. The van der Waals surface area contributed by atoms with Gasteiger partial charge in [0, 0.05) is 12.0 Å². The van der Waals surface area contributed by atoms with Gasteiger partial charge in [0.15, 0.2) is 0 Å². The van der Waals surface area contributed by atoms with Crippen LogP contribution in [0.4, 0.5) is 4.79 Å². The minimum absolute atomic E-state index is 0.0594. The first kappa shape index (κ1) is 23.8. The van der Waals surface area contributed by atoms with E-state index in [0.29, 0.717) is 19.3 Å². The van der Waals surface area contributed by atoms with E-state index in [4.69, 9.17) is 4.74 Å². The van der Waals surface area contributed by atoms with Crippen molar-refractivity contribution >= 4 is 18.0 Å². The molecule has 180 valence electrons. The lowest BCUT2D eigenvalue weighted by Gasteiger charge is -2.23. The fourth-order valence-corrected chi connectivity index (χ4v) is 5.17. The highest BCUT2D eigenvalue weighted by Crippen LogP contribution is 2.44. The van der Waals surface area contributed by atoms with Crippen LogP contribution < -0.4 is 10.6 Å². The Bertz CT molecular complexity index is 1010. The second-order valence-electron chi connectivity index (χ2n) is 9.16. The molecular weight excluding hydrogens is 432 g/mol. The Balaban J connectivity index is 1.39. The zero-order valence-electron chi connectivity index (χ0n) is 19.5. The van der Waals surface area contributed by atoms with E-state index in [9.17, 15) is 19.5 Å². The lowest BCUT2D eigenvalue weighted by molar-refractivity contribution is -0.142. The number of fused-ring (bicyclic) bond motifs is 3. The average Bonchev–Trinajstić information content (AvgIpc) is 3.43. The van der Waals surface area contributed by atoms with Gasteiger partial charge in [-0.05, 0) is 41.5 Å². The summed E-state index contributed by atoms with van der Waals surface area (Å²) in [6.45, 7) is 2.19.